The molecule has 0 spiro atoms. The molecule has 0 fully saturated rings. The second kappa shape index (κ2) is 5.61. The van der Waals surface area contributed by atoms with Crippen LogP contribution in [0.4, 0.5) is 13.2 Å². The topological polar surface area (TPSA) is 9.23 Å². The number of halogens is 3. The van der Waals surface area contributed by atoms with E-state index in [9.17, 15) is 13.2 Å². The zero-order valence-corrected chi connectivity index (χ0v) is 9.89. The third-order valence-corrected chi connectivity index (χ3v) is 2.32. The van der Waals surface area contributed by atoms with Gasteiger partial charge in [-0.3, -0.25) is 0 Å². The van der Waals surface area contributed by atoms with Crippen molar-refractivity contribution >= 4 is 6.08 Å². The number of alkyl halides is 3. The van der Waals surface area contributed by atoms with Gasteiger partial charge in [0.25, 0.3) is 0 Å². The summed E-state index contributed by atoms with van der Waals surface area (Å²) in [5.74, 6) is 1.26. The Morgan fingerprint density at radius 1 is 0.789 bits per heavy atom. The Balaban J connectivity index is 2.05. The van der Waals surface area contributed by atoms with Crippen molar-refractivity contribution in [1.29, 1.82) is 0 Å². The van der Waals surface area contributed by atoms with E-state index in [-0.39, 0.29) is 6.08 Å². The Morgan fingerprint density at radius 3 is 1.95 bits per heavy atom. The number of benzene rings is 2. The number of hydrogen-bond donors (Lipinski definition) is 0. The van der Waals surface area contributed by atoms with Crippen LogP contribution in [0, 0.1) is 0 Å². The second-order valence-electron chi connectivity index (χ2n) is 3.86. The van der Waals surface area contributed by atoms with Gasteiger partial charge in [-0.25, -0.2) is 0 Å². The third-order valence-electron chi connectivity index (χ3n) is 2.32. The number of hydrogen-bond acceptors (Lipinski definition) is 1. The molecule has 0 aliphatic heterocycles. The summed E-state index contributed by atoms with van der Waals surface area (Å²) in [7, 11) is 0. The lowest BCUT2D eigenvalue weighted by molar-refractivity contribution is -0.0790. The van der Waals surface area contributed by atoms with Crippen molar-refractivity contribution in [2.75, 3.05) is 0 Å². The van der Waals surface area contributed by atoms with Crippen molar-refractivity contribution in [2.24, 2.45) is 0 Å². The Hall–Kier alpha value is -2.23. The maximum atomic E-state index is 12.0. The van der Waals surface area contributed by atoms with E-state index >= 15 is 0 Å². The predicted octanol–water partition coefficient (Wildman–Crippen LogP) is 5.05. The van der Waals surface area contributed by atoms with Crippen LogP contribution in [0.15, 0.2) is 60.7 Å². The van der Waals surface area contributed by atoms with Crippen LogP contribution in [0.3, 0.4) is 0 Å². The SMILES string of the molecule is FC(F)(F)C=Cc1ccc(Oc2ccccc2)cc1. The van der Waals surface area contributed by atoms with Gasteiger partial charge in [-0.05, 0) is 29.8 Å². The van der Waals surface area contributed by atoms with Gasteiger partial charge in [0.2, 0.25) is 0 Å². The minimum absolute atomic E-state index is 0.208. The monoisotopic (exact) mass is 264 g/mol. The van der Waals surface area contributed by atoms with Crippen LogP contribution in [0.25, 0.3) is 6.08 Å². The van der Waals surface area contributed by atoms with Gasteiger partial charge in [0.05, 0.1) is 0 Å². The molecule has 4 heteroatoms. The average molecular weight is 264 g/mol. The van der Waals surface area contributed by atoms with Crippen LogP contribution < -0.4 is 4.74 Å². The van der Waals surface area contributed by atoms with Crippen LogP contribution in [-0.4, -0.2) is 6.18 Å². The fourth-order valence-electron chi connectivity index (χ4n) is 1.46. The molecule has 0 radical (unpaired) electrons. The lowest BCUT2D eigenvalue weighted by atomic mass is 10.2. The quantitative estimate of drug-likeness (QED) is 0.753. The summed E-state index contributed by atoms with van der Waals surface area (Å²) >= 11 is 0. The zero-order valence-electron chi connectivity index (χ0n) is 9.89. The minimum Gasteiger partial charge on any atom is -0.457 e. The van der Waals surface area contributed by atoms with Crippen molar-refractivity contribution in [1.82, 2.24) is 0 Å². The highest BCUT2D eigenvalue weighted by Gasteiger charge is 2.21. The molecular formula is C15H11F3O. The first-order chi connectivity index (χ1) is 9.03. The van der Waals surface area contributed by atoms with Crippen molar-refractivity contribution in [2.45, 2.75) is 6.18 Å². The van der Waals surface area contributed by atoms with Crippen LogP contribution in [0.5, 0.6) is 11.5 Å². The zero-order chi connectivity index (χ0) is 13.7. The molecule has 2 rings (SSSR count). The molecule has 2 aromatic rings. The second-order valence-corrected chi connectivity index (χ2v) is 3.86. The van der Waals surface area contributed by atoms with Crippen LogP contribution in [0.1, 0.15) is 5.56 Å². The average Bonchev–Trinajstić information content (AvgIpc) is 2.38. The first kappa shape index (κ1) is 13.2. The molecule has 1 nitrogen and oxygen atoms in total. The molecule has 0 aliphatic carbocycles. The molecule has 0 unspecified atom stereocenters. The summed E-state index contributed by atoms with van der Waals surface area (Å²) in [5, 5.41) is 0. The van der Waals surface area contributed by atoms with Gasteiger partial charge < -0.3 is 4.74 Å². The van der Waals surface area contributed by atoms with E-state index in [2.05, 4.69) is 0 Å². The molecular weight excluding hydrogens is 253 g/mol. The van der Waals surface area contributed by atoms with E-state index < -0.39 is 6.18 Å². The van der Waals surface area contributed by atoms with Crippen molar-refractivity contribution in [3.05, 3.63) is 66.2 Å². The summed E-state index contributed by atoms with van der Waals surface area (Å²) < 4.78 is 41.5. The molecule has 2 aromatic carbocycles. The fourth-order valence-corrected chi connectivity index (χ4v) is 1.46. The molecule has 0 saturated carbocycles. The van der Waals surface area contributed by atoms with E-state index in [4.69, 9.17) is 4.74 Å². The van der Waals surface area contributed by atoms with Gasteiger partial charge in [0.15, 0.2) is 0 Å². The largest absolute Gasteiger partial charge is 0.457 e. The number of ether oxygens (including phenoxy) is 1. The molecule has 19 heavy (non-hydrogen) atoms. The van der Waals surface area contributed by atoms with Gasteiger partial charge in [-0.2, -0.15) is 13.2 Å². The lowest BCUT2D eigenvalue weighted by Crippen LogP contribution is -2.00. The normalized spacial score (nSPS) is 11.7. The lowest BCUT2D eigenvalue weighted by Gasteiger charge is -2.05. The number of para-hydroxylation sites is 1. The first-order valence-corrected chi connectivity index (χ1v) is 5.62. The van der Waals surface area contributed by atoms with Gasteiger partial charge in [-0.15, -0.1) is 0 Å². The highest BCUT2D eigenvalue weighted by Crippen LogP contribution is 2.22. The predicted molar refractivity (Wildman–Crippen MR) is 68.0 cm³/mol. The summed E-state index contributed by atoms with van der Waals surface area (Å²) in [6.07, 6.45) is -3.06. The fraction of sp³-hybridized carbons (Fsp3) is 0.0667. The summed E-state index contributed by atoms with van der Waals surface area (Å²) in [5.41, 5.74) is 0.470. The molecule has 0 N–H and O–H groups in total. The third kappa shape index (κ3) is 4.50. The van der Waals surface area contributed by atoms with Crippen molar-refractivity contribution in [3.8, 4) is 11.5 Å². The van der Waals surface area contributed by atoms with E-state index in [1.54, 1.807) is 36.4 Å². The summed E-state index contributed by atoms with van der Waals surface area (Å²) in [4.78, 5) is 0. The minimum atomic E-state index is -4.29. The highest BCUT2D eigenvalue weighted by molar-refractivity contribution is 5.51. The molecule has 0 saturated heterocycles. The Morgan fingerprint density at radius 2 is 1.37 bits per heavy atom. The summed E-state index contributed by atoms with van der Waals surface area (Å²) in [6, 6.07) is 15.6. The molecule has 98 valence electrons. The van der Waals surface area contributed by atoms with Gasteiger partial charge in [0.1, 0.15) is 11.5 Å². The number of rotatable bonds is 3. The van der Waals surface area contributed by atoms with Gasteiger partial charge >= 0.3 is 6.18 Å². The smallest absolute Gasteiger partial charge is 0.409 e. The summed E-state index contributed by atoms with van der Waals surface area (Å²) in [6.45, 7) is 0. The highest BCUT2D eigenvalue weighted by atomic mass is 19.4. The van der Waals surface area contributed by atoms with E-state index in [1.807, 2.05) is 18.2 Å². The molecule has 0 aromatic heterocycles. The van der Waals surface area contributed by atoms with Crippen LogP contribution in [0.2, 0.25) is 0 Å². The Bertz CT molecular complexity index is 542. The van der Waals surface area contributed by atoms with Gasteiger partial charge in [0, 0.05) is 6.08 Å². The molecule has 0 amide bonds. The van der Waals surface area contributed by atoms with Crippen LogP contribution in [-0.2, 0) is 0 Å². The van der Waals surface area contributed by atoms with Crippen molar-refractivity contribution in [3.63, 3.8) is 0 Å². The van der Waals surface area contributed by atoms with E-state index in [0.29, 0.717) is 17.1 Å². The molecule has 0 bridgehead atoms. The van der Waals surface area contributed by atoms with Gasteiger partial charge in [-0.1, -0.05) is 36.4 Å². The Kier molecular flexibility index (Phi) is 3.90. The maximum Gasteiger partial charge on any atom is 0.409 e. The van der Waals surface area contributed by atoms with Crippen LogP contribution >= 0.6 is 0 Å². The molecule has 0 atom stereocenters. The molecule has 0 heterocycles. The number of allylic oxidation sites excluding steroid dienone is 1. The van der Waals surface area contributed by atoms with E-state index in [0.717, 1.165) is 6.08 Å². The molecule has 0 aliphatic rings. The maximum absolute atomic E-state index is 12.0. The Labute approximate surface area is 109 Å². The van der Waals surface area contributed by atoms with E-state index in [1.165, 1.54) is 0 Å². The first-order valence-electron chi connectivity index (χ1n) is 5.62. The van der Waals surface area contributed by atoms with Crippen molar-refractivity contribution < 1.29 is 17.9 Å². The standard InChI is InChI=1S/C15H11F3O/c16-15(17,18)11-10-12-6-8-14(9-7-12)19-13-4-2-1-3-5-13/h1-11H.